The van der Waals surface area contributed by atoms with Crippen LogP contribution in [0.15, 0.2) is 18.2 Å². The van der Waals surface area contributed by atoms with Crippen molar-refractivity contribution in [2.45, 2.75) is 43.9 Å². The summed E-state index contributed by atoms with van der Waals surface area (Å²) in [7, 11) is 3.29. The lowest BCUT2D eigenvalue weighted by Gasteiger charge is -2.55. The average Bonchev–Trinajstić information content (AvgIpc) is 3.27. The van der Waals surface area contributed by atoms with E-state index in [1.807, 2.05) is 22.7 Å². The van der Waals surface area contributed by atoms with Crippen molar-refractivity contribution in [3.63, 3.8) is 0 Å². The third-order valence-electron chi connectivity index (χ3n) is 7.12. The molecule has 4 aliphatic carbocycles. The van der Waals surface area contributed by atoms with E-state index < -0.39 is 0 Å². The predicted octanol–water partition coefficient (Wildman–Crippen LogP) is 4.34. The quantitative estimate of drug-likeness (QED) is 0.657. The molecule has 0 spiro atoms. The first-order chi connectivity index (χ1) is 13.7. The van der Waals surface area contributed by atoms with Gasteiger partial charge in [-0.15, -0.1) is 10.2 Å². The number of rotatable bonds is 4. The molecule has 7 heteroatoms. The van der Waals surface area contributed by atoms with Crippen molar-refractivity contribution >= 4 is 16.3 Å². The van der Waals surface area contributed by atoms with Crippen LogP contribution in [-0.2, 0) is 5.41 Å². The Morgan fingerprint density at radius 3 is 2.29 bits per heavy atom. The molecule has 2 heterocycles. The molecular formula is C21H24N4O2S. The lowest BCUT2D eigenvalue weighted by molar-refractivity contribution is -0.00565. The smallest absolute Gasteiger partial charge is 0.234 e. The van der Waals surface area contributed by atoms with Crippen LogP contribution in [-0.4, -0.2) is 34.0 Å². The van der Waals surface area contributed by atoms with Crippen LogP contribution in [0.25, 0.3) is 16.3 Å². The van der Waals surface area contributed by atoms with Gasteiger partial charge < -0.3 is 9.47 Å². The highest BCUT2D eigenvalue weighted by Crippen LogP contribution is 2.61. The fourth-order valence-electron chi connectivity index (χ4n) is 6.36. The zero-order chi connectivity index (χ0) is 18.9. The fraction of sp³-hybridized carbons (Fsp3) is 0.571. The molecule has 0 amide bonds. The second-order valence-corrected chi connectivity index (χ2v) is 9.85. The zero-order valence-electron chi connectivity index (χ0n) is 16.2. The van der Waals surface area contributed by atoms with Crippen LogP contribution in [0.3, 0.4) is 0 Å². The molecule has 2 aromatic heterocycles. The summed E-state index contributed by atoms with van der Waals surface area (Å²) in [5.41, 5.74) is 1.22. The molecule has 4 saturated carbocycles. The largest absolute Gasteiger partial charge is 0.493 e. The van der Waals surface area contributed by atoms with E-state index in [1.54, 1.807) is 25.6 Å². The number of methoxy groups -OCH3 is 2. The van der Waals surface area contributed by atoms with Crippen LogP contribution >= 0.6 is 11.3 Å². The molecule has 0 aliphatic heterocycles. The summed E-state index contributed by atoms with van der Waals surface area (Å²) in [5, 5.41) is 15.2. The molecule has 146 valence electrons. The van der Waals surface area contributed by atoms with E-state index in [9.17, 15) is 0 Å². The number of ether oxygens (including phenoxy) is 2. The van der Waals surface area contributed by atoms with Gasteiger partial charge in [0.1, 0.15) is 5.01 Å². The maximum atomic E-state index is 5.46. The minimum Gasteiger partial charge on any atom is -0.493 e. The summed E-state index contributed by atoms with van der Waals surface area (Å²) in [6, 6.07) is 5.84. The molecule has 0 radical (unpaired) electrons. The Balaban J connectivity index is 1.42. The van der Waals surface area contributed by atoms with E-state index in [4.69, 9.17) is 14.6 Å². The molecule has 4 bridgehead atoms. The molecule has 3 aromatic rings. The Kier molecular flexibility index (Phi) is 3.55. The van der Waals surface area contributed by atoms with Crippen LogP contribution < -0.4 is 9.47 Å². The molecule has 28 heavy (non-hydrogen) atoms. The first-order valence-corrected chi connectivity index (χ1v) is 10.9. The van der Waals surface area contributed by atoms with Crippen molar-refractivity contribution in [2.24, 2.45) is 17.8 Å². The summed E-state index contributed by atoms with van der Waals surface area (Å²) < 4.78 is 12.7. The molecule has 7 rings (SSSR count). The van der Waals surface area contributed by atoms with Crippen LogP contribution in [0.4, 0.5) is 0 Å². The Hall–Kier alpha value is -2.15. The van der Waals surface area contributed by atoms with Crippen LogP contribution in [0.2, 0.25) is 0 Å². The molecule has 6 nitrogen and oxygen atoms in total. The molecule has 0 atom stereocenters. The molecule has 1 aromatic carbocycles. The van der Waals surface area contributed by atoms with Crippen molar-refractivity contribution in [2.75, 3.05) is 14.2 Å². The van der Waals surface area contributed by atoms with Gasteiger partial charge in [0.2, 0.25) is 4.96 Å². The fourth-order valence-corrected chi connectivity index (χ4v) is 7.42. The molecule has 4 aliphatic rings. The molecule has 0 saturated heterocycles. The lowest BCUT2D eigenvalue weighted by Crippen LogP contribution is -2.48. The van der Waals surface area contributed by atoms with Crippen molar-refractivity contribution in [1.29, 1.82) is 0 Å². The van der Waals surface area contributed by atoms with E-state index in [0.29, 0.717) is 11.5 Å². The van der Waals surface area contributed by atoms with E-state index in [0.717, 1.165) is 34.1 Å². The second kappa shape index (κ2) is 5.92. The van der Waals surface area contributed by atoms with Crippen LogP contribution in [0.5, 0.6) is 11.5 Å². The summed E-state index contributed by atoms with van der Waals surface area (Å²) in [6.45, 7) is 0. The molecular weight excluding hydrogens is 372 g/mol. The van der Waals surface area contributed by atoms with Crippen molar-refractivity contribution in [3.8, 4) is 22.9 Å². The Morgan fingerprint density at radius 2 is 1.64 bits per heavy atom. The van der Waals surface area contributed by atoms with Gasteiger partial charge >= 0.3 is 0 Å². The first kappa shape index (κ1) is 16.8. The third-order valence-corrected chi connectivity index (χ3v) is 8.27. The van der Waals surface area contributed by atoms with Gasteiger partial charge in [0.05, 0.1) is 14.2 Å². The highest BCUT2D eigenvalue weighted by molar-refractivity contribution is 7.16. The number of hydrogen-bond acceptors (Lipinski definition) is 6. The Morgan fingerprint density at radius 1 is 0.964 bits per heavy atom. The zero-order valence-corrected chi connectivity index (χ0v) is 17.0. The minimum absolute atomic E-state index is 0.287. The summed E-state index contributed by atoms with van der Waals surface area (Å²) in [4.78, 5) is 0.885. The number of nitrogens with zero attached hydrogens (tertiary/aromatic N) is 4. The van der Waals surface area contributed by atoms with Crippen LogP contribution in [0.1, 0.15) is 43.5 Å². The van der Waals surface area contributed by atoms with E-state index >= 15 is 0 Å². The Labute approximate surface area is 167 Å². The minimum atomic E-state index is 0.287. The number of benzene rings is 1. The van der Waals surface area contributed by atoms with Crippen molar-refractivity contribution in [3.05, 3.63) is 23.2 Å². The van der Waals surface area contributed by atoms with Gasteiger partial charge in [-0.2, -0.15) is 9.61 Å². The predicted molar refractivity (Wildman–Crippen MR) is 107 cm³/mol. The van der Waals surface area contributed by atoms with Crippen LogP contribution in [0, 0.1) is 17.8 Å². The normalized spacial score (nSPS) is 30.9. The van der Waals surface area contributed by atoms with Gasteiger partial charge in [0, 0.05) is 11.0 Å². The van der Waals surface area contributed by atoms with Gasteiger partial charge in [-0.25, -0.2) is 0 Å². The molecule has 0 unspecified atom stereocenters. The number of aromatic nitrogens is 4. The summed E-state index contributed by atoms with van der Waals surface area (Å²) in [6.07, 6.45) is 8.28. The molecule has 4 fully saturated rings. The van der Waals surface area contributed by atoms with Crippen molar-refractivity contribution in [1.82, 2.24) is 19.8 Å². The second-order valence-electron chi connectivity index (χ2n) is 8.89. The highest BCUT2D eigenvalue weighted by atomic mass is 32.1. The number of hydrogen-bond donors (Lipinski definition) is 0. The maximum Gasteiger partial charge on any atom is 0.234 e. The van der Waals surface area contributed by atoms with Gasteiger partial charge in [0.15, 0.2) is 17.3 Å². The van der Waals surface area contributed by atoms with Gasteiger partial charge in [0.25, 0.3) is 0 Å². The SMILES string of the molecule is COc1ccc(-c2nnc3sc(C45CC6CC(CC(C6)C4)C5)nn23)cc1OC. The standard InChI is InChI=1S/C21H24N4O2S/c1-26-16-4-3-15(8-17(16)27-2)18-22-23-20-25(18)24-19(28-20)21-9-12-5-13(10-21)7-14(6-12)11-21/h3-4,8,12-14H,5-7,9-11H2,1-2H3. The van der Waals surface area contributed by atoms with E-state index in [2.05, 4.69) is 10.2 Å². The number of fused-ring (bicyclic) bond motifs is 1. The summed E-state index contributed by atoms with van der Waals surface area (Å²) >= 11 is 1.74. The topological polar surface area (TPSA) is 61.5 Å². The average molecular weight is 397 g/mol. The molecule has 0 N–H and O–H groups in total. The van der Waals surface area contributed by atoms with Crippen molar-refractivity contribution < 1.29 is 9.47 Å². The first-order valence-electron chi connectivity index (χ1n) is 10.1. The third kappa shape index (κ3) is 2.35. The van der Waals surface area contributed by atoms with E-state index in [-0.39, 0.29) is 5.41 Å². The van der Waals surface area contributed by atoms with Gasteiger partial charge in [-0.1, -0.05) is 11.3 Å². The van der Waals surface area contributed by atoms with E-state index in [1.165, 1.54) is 43.5 Å². The summed E-state index contributed by atoms with van der Waals surface area (Å²) in [5.74, 6) is 4.89. The van der Waals surface area contributed by atoms with Gasteiger partial charge in [-0.3, -0.25) is 0 Å². The lowest BCUT2D eigenvalue weighted by atomic mass is 9.50. The highest BCUT2D eigenvalue weighted by Gasteiger charge is 2.53. The maximum absolute atomic E-state index is 5.46. The monoisotopic (exact) mass is 396 g/mol. The van der Waals surface area contributed by atoms with Gasteiger partial charge in [-0.05, 0) is 74.5 Å². The Bertz CT molecular complexity index is 1020.